The highest BCUT2D eigenvalue weighted by Gasteiger charge is 2.24. The Balaban J connectivity index is 1.84. The van der Waals surface area contributed by atoms with Crippen molar-refractivity contribution in [2.45, 2.75) is 57.9 Å². The molecule has 1 N–H and O–H groups in total. The normalized spacial score (nSPS) is 19.2. The van der Waals surface area contributed by atoms with Gasteiger partial charge in [-0.1, -0.05) is 25.7 Å². The molecule has 0 radical (unpaired) electrons. The number of aromatic nitrogens is 1. The molecule has 1 fully saturated rings. The molecule has 0 spiro atoms. The molecule has 0 saturated heterocycles. The Bertz CT molecular complexity index is 311. The average Bonchev–Trinajstić information content (AvgIpc) is 2.72. The molecule has 0 aliphatic heterocycles. The fourth-order valence-corrected chi connectivity index (χ4v) is 3.31. The second kappa shape index (κ2) is 5.96. The minimum atomic E-state index is 0.0282. The van der Waals surface area contributed by atoms with E-state index in [1.54, 1.807) is 11.3 Å². The van der Waals surface area contributed by atoms with Gasteiger partial charge in [-0.15, -0.1) is 11.3 Å². The third kappa shape index (κ3) is 3.78. The van der Waals surface area contributed by atoms with Crippen molar-refractivity contribution in [1.82, 2.24) is 10.3 Å². The van der Waals surface area contributed by atoms with E-state index in [0.717, 1.165) is 12.5 Å². The lowest BCUT2D eigenvalue weighted by Gasteiger charge is -2.27. The summed E-state index contributed by atoms with van der Waals surface area (Å²) >= 11 is 1.75. The van der Waals surface area contributed by atoms with Gasteiger partial charge in [-0.3, -0.25) is 0 Å². The van der Waals surface area contributed by atoms with Gasteiger partial charge in [0.1, 0.15) is 5.01 Å². The van der Waals surface area contributed by atoms with Crippen LogP contribution in [-0.4, -0.2) is 11.5 Å². The Morgan fingerprint density at radius 2 is 2.00 bits per heavy atom. The van der Waals surface area contributed by atoms with Gasteiger partial charge in [-0.05, 0) is 39.2 Å². The number of hydrogen-bond donors (Lipinski definition) is 1. The molecule has 0 unspecified atom stereocenters. The summed E-state index contributed by atoms with van der Waals surface area (Å²) in [5.74, 6) is 0.872. The topological polar surface area (TPSA) is 24.9 Å². The van der Waals surface area contributed by atoms with E-state index in [4.69, 9.17) is 0 Å². The molecule has 0 aromatic carbocycles. The lowest BCUT2D eigenvalue weighted by molar-refractivity contribution is 0.334. The van der Waals surface area contributed by atoms with Gasteiger partial charge in [-0.25, -0.2) is 4.98 Å². The van der Waals surface area contributed by atoms with Gasteiger partial charge in [0.05, 0.1) is 5.54 Å². The Labute approximate surface area is 109 Å². The third-order valence-electron chi connectivity index (χ3n) is 3.77. The fraction of sp³-hybridized carbons (Fsp3) is 0.786. The van der Waals surface area contributed by atoms with E-state index in [1.807, 2.05) is 6.20 Å². The summed E-state index contributed by atoms with van der Waals surface area (Å²) in [6.07, 6.45) is 10.4. The van der Waals surface area contributed by atoms with E-state index in [2.05, 4.69) is 29.5 Å². The van der Waals surface area contributed by atoms with Crippen LogP contribution in [-0.2, 0) is 5.54 Å². The zero-order valence-electron chi connectivity index (χ0n) is 11.0. The predicted molar refractivity (Wildman–Crippen MR) is 74.3 cm³/mol. The maximum absolute atomic E-state index is 4.43. The largest absolute Gasteiger partial charge is 0.306 e. The van der Waals surface area contributed by atoms with Crippen LogP contribution in [0.4, 0.5) is 0 Å². The first kappa shape index (κ1) is 13.0. The Hall–Kier alpha value is -0.410. The zero-order valence-corrected chi connectivity index (χ0v) is 11.9. The highest BCUT2D eigenvalue weighted by Crippen LogP contribution is 2.25. The summed E-state index contributed by atoms with van der Waals surface area (Å²) in [6, 6.07) is 0. The van der Waals surface area contributed by atoms with E-state index in [1.165, 1.54) is 43.5 Å². The molecule has 17 heavy (non-hydrogen) atoms. The van der Waals surface area contributed by atoms with Crippen LogP contribution in [0.5, 0.6) is 0 Å². The average molecular weight is 252 g/mol. The van der Waals surface area contributed by atoms with Gasteiger partial charge in [0, 0.05) is 11.6 Å². The molecule has 1 aromatic heterocycles. The van der Waals surface area contributed by atoms with Gasteiger partial charge in [0.15, 0.2) is 0 Å². The standard InChI is InChI=1S/C14H24N2S/c1-14(2,13-15-9-10-17-13)16-11-12-7-5-3-4-6-8-12/h9-10,12,16H,3-8,11H2,1-2H3. The van der Waals surface area contributed by atoms with Crippen LogP contribution in [0.25, 0.3) is 0 Å². The summed E-state index contributed by atoms with van der Waals surface area (Å²) in [7, 11) is 0. The van der Waals surface area contributed by atoms with Crippen molar-refractivity contribution >= 4 is 11.3 Å². The highest BCUT2D eigenvalue weighted by molar-refractivity contribution is 7.09. The van der Waals surface area contributed by atoms with Crippen LogP contribution in [0.1, 0.15) is 57.4 Å². The van der Waals surface area contributed by atoms with Crippen LogP contribution < -0.4 is 5.32 Å². The first-order valence-corrected chi connectivity index (χ1v) is 7.71. The van der Waals surface area contributed by atoms with E-state index in [9.17, 15) is 0 Å². The molecule has 0 bridgehead atoms. The molecule has 0 amide bonds. The molecule has 1 aliphatic rings. The van der Waals surface area contributed by atoms with Crippen LogP contribution in [0.2, 0.25) is 0 Å². The number of hydrogen-bond acceptors (Lipinski definition) is 3. The molecule has 2 nitrogen and oxygen atoms in total. The minimum Gasteiger partial charge on any atom is -0.306 e. The first-order valence-electron chi connectivity index (χ1n) is 6.83. The van der Waals surface area contributed by atoms with Gasteiger partial charge in [-0.2, -0.15) is 0 Å². The van der Waals surface area contributed by atoms with Gasteiger partial charge in [0.2, 0.25) is 0 Å². The highest BCUT2D eigenvalue weighted by atomic mass is 32.1. The molecule has 96 valence electrons. The van der Waals surface area contributed by atoms with Crippen LogP contribution in [0, 0.1) is 5.92 Å². The summed E-state index contributed by atoms with van der Waals surface area (Å²) in [5.41, 5.74) is 0.0282. The lowest BCUT2D eigenvalue weighted by atomic mass is 9.98. The third-order valence-corrected chi connectivity index (χ3v) is 4.87. The molecular weight excluding hydrogens is 228 g/mol. The van der Waals surface area contributed by atoms with E-state index >= 15 is 0 Å². The summed E-state index contributed by atoms with van der Waals surface area (Å²) in [6.45, 7) is 5.62. The monoisotopic (exact) mass is 252 g/mol. The van der Waals surface area contributed by atoms with Crippen molar-refractivity contribution in [1.29, 1.82) is 0 Å². The quantitative estimate of drug-likeness (QED) is 0.821. The van der Waals surface area contributed by atoms with Crippen molar-refractivity contribution in [2.24, 2.45) is 5.92 Å². The molecule has 0 atom stereocenters. The number of nitrogens with one attached hydrogen (secondary N) is 1. The van der Waals surface area contributed by atoms with Crippen LogP contribution in [0.15, 0.2) is 11.6 Å². The summed E-state index contributed by atoms with van der Waals surface area (Å²) in [5, 5.41) is 6.97. The van der Waals surface area contributed by atoms with E-state index in [-0.39, 0.29) is 5.54 Å². The predicted octanol–water partition coefficient (Wildman–Crippen LogP) is 3.94. The summed E-state index contributed by atoms with van der Waals surface area (Å²) in [4.78, 5) is 4.43. The van der Waals surface area contributed by atoms with Crippen molar-refractivity contribution in [3.05, 3.63) is 16.6 Å². The Kier molecular flexibility index (Phi) is 4.57. The van der Waals surface area contributed by atoms with Gasteiger partial charge >= 0.3 is 0 Å². The second-order valence-electron chi connectivity index (χ2n) is 5.70. The molecule has 1 heterocycles. The number of rotatable bonds is 4. The summed E-state index contributed by atoms with van der Waals surface area (Å²) < 4.78 is 0. The fourth-order valence-electron chi connectivity index (χ4n) is 2.58. The van der Waals surface area contributed by atoms with Crippen molar-refractivity contribution in [2.75, 3.05) is 6.54 Å². The molecule has 1 aliphatic carbocycles. The maximum atomic E-state index is 4.43. The Morgan fingerprint density at radius 1 is 1.29 bits per heavy atom. The van der Waals surface area contributed by atoms with Gasteiger partial charge < -0.3 is 5.32 Å². The molecular formula is C14H24N2S. The van der Waals surface area contributed by atoms with Crippen molar-refractivity contribution < 1.29 is 0 Å². The van der Waals surface area contributed by atoms with Crippen molar-refractivity contribution in [3.8, 4) is 0 Å². The lowest BCUT2D eigenvalue weighted by Crippen LogP contribution is -2.39. The van der Waals surface area contributed by atoms with E-state index < -0.39 is 0 Å². The van der Waals surface area contributed by atoms with Crippen molar-refractivity contribution in [3.63, 3.8) is 0 Å². The smallest absolute Gasteiger partial charge is 0.112 e. The molecule has 2 rings (SSSR count). The SMILES string of the molecule is CC(C)(NCC1CCCCCC1)c1nccs1. The minimum absolute atomic E-state index is 0.0282. The zero-order chi connectivity index (χ0) is 12.1. The molecule has 1 saturated carbocycles. The van der Waals surface area contributed by atoms with Gasteiger partial charge in [0.25, 0.3) is 0 Å². The first-order chi connectivity index (χ1) is 8.18. The van der Waals surface area contributed by atoms with Crippen LogP contribution >= 0.6 is 11.3 Å². The molecule has 3 heteroatoms. The maximum Gasteiger partial charge on any atom is 0.112 e. The second-order valence-corrected chi connectivity index (χ2v) is 6.60. The number of thiazole rings is 1. The number of nitrogens with zero attached hydrogens (tertiary/aromatic N) is 1. The van der Waals surface area contributed by atoms with Crippen LogP contribution in [0.3, 0.4) is 0 Å². The Morgan fingerprint density at radius 3 is 2.59 bits per heavy atom. The molecule has 1 aromatic rings. The van der Waals surface area contributed by atoms with E-state index in [0.29, 0.717) is 0 Å².